The van der Waals surface area contributed by atoms with Crippen LogP contribution in [0.25, 0.3) is 0 Å². The van der Waals surface area contributed by atoms with Crippen molar-refractivity contribution >= 4 is 29.5 Å². The lowest BCUT2D eigenvalue weighted by Crippen LogP contribution is -2.56. The molecule has 0 bridgehead atoms. The summed E-state index contributed by atoms with van der Waals surface area (Å²) in [6.45, 7) is 6.11. The van der Waals surface area contributed by atoms with Crippen molar-refractivity contribution in [2.75, 3.05) is 6.54 Å². The number of amides is 3. The third-order valence-corrected chi connectivity index (χ3v) is 7.39. The number of fused-ring (bicyclic) bond motifs is 3. The largest absolute Gasteiger partial charge is 0.354 e. The molecular formula is C24H27N3O3S. The fraction of sp³-hybridized carbons (Fsp3) is 0.375. The van der Waals surface area contributed by atoms with Gasteiger partial charge in [-0.1, -0.05) is 48.5 Å². The SMILES string of the molecule is CC(NC(=O)C1N2C(=O)c3ccccc3C2SC1(C)C)C(=O)NCCc1ccccc1. The Balaban J connectivity index is 1.39. The van der Waals surface area contributed by atoms with E-state index in [0.29, 0.717) is 12.1 Å². The van der Waals surface area contributed by atoms with E-state index in [-0.39, 0.29) is 23.1 Å². The zero-order valence-corrected chi connectivity index (χ0v) is 18.7. The predicted octanol–water partition coefficient (Wildman–Crippen LogP) is 2.90. The van der Waals surface area contributed by atoms with E-state index in [9.17, 15) is 14.4 Å². The van der Waals surface area contributed by atoms with E-state index in [0.717, 1.165) is 17.5 Å². The number of nitrogens with zero attached hydrogens (tertiary/aromatic N) is 1. The molecule has 2 aromatic carbocycles. The number of thioether (sulfide) groups is 1. The number of hydrogen-bond donors (Lipinski definition) is 2. The zero-order chi connectivity index (χ0) is 22.2. The van der Waals surface area contributed by atoms with Crippen molar-refractivity contribution in [1.82, 2.24) is 15.5 Å². The van der Waals surface area contributed by atoms with Crippen molar-refractivity contribution in [2.24, 2.45) is 0 Å². The van der Waals surface area contributed by atoms with Crippen LogP contribution in [0.3, 0.4) is 0 Å². The summed E-state index contributed by atoms with van der Waals surface area (Å²) in [5.74, 6) is -0.661. The Morgan fingerprint density at radius 2 is 1.77 bits per heavy atom. The van der Waals surface area contributed by atoms with Gasteiger partial charge >= 0.3 is 0 Å². The molecule has 31 heavy (non-hydrogen) atoms. The van der Waals surface area contributed by atoms with Crippen LogP contribution < -0.4 is 10.6 Å². The Morgan fingerprint density at radius 1 is 1.10 bits per heavy atom. The lowest BCUT2D eigenvalue weighted by Gasteiger charge is -2.30. The van der Waals surface area contributed by atoms with E-state index in [1.54, 1.807) is 29.7 Å². The molecule has 0 aromatic heterocycles. The van der Waals surface area contributed by atoms with E-state index in [1.165, 1.54) is 0 Å². The maximum absolute atomic E-state index is 13.2. The van der Waals surface area contributed by atoms with E-state index < -0.39 is 16.8 Å². The molecule has 3 unspecified atom stereocenters. The first-order valence-corrected chi connectivity index (χ1v) is 11.4. The normalized spacial score (nSPS) is 21.9. The summed E-state index contributed by atoms with van der Waals surface area (Å²) in [7, 11) is 0. The summed E-state index contributed by atoms with van der Waals surface area (Å²) in [5, 5.41) is 5.53. The highest BCUT2D eigenvalue weighted by Gasteiger charge is 2.57. The van der Waals surface area contributed by atoms with Crippen molar-refractivity contribution in [3.63, 3.8) is 0 Å². The lowest BCUT2D eigenvalue weighted by molar-refractivity contribution is -0.131. The monoisotopic (exact) mass is 437 g/mol. The fourth-order valence-corrected chi connectivity index (χ4v) is 5.88. The van der Waals surface area contributed by atoms with Crippen LogP contribution in [0, 0.1) is 0 Å². The average Bonchev–Trinajstić information content (AvgIpc) is 3.18. The van der Waals surface area contributed by atoms with Crippen LogP contribution in [0.4, 0.5) is 0 Å². The molecular weight excluding hydrogens is 410 g/mol. The molecule has 3 amide bonds. The van der Waals surface area contributed by atoms with Crippen molar-refractivity contribution < 1.29 is 14.4 Å². The summed E-state index contributed by atoms with van der Waals surface area (Å²) < 4.78 is -0.471. The molecule has 7 heteroatoms. The Kier molecular flexibility index (Phi) is 5.79. The van der Waals surface area contributed by atoms with Crippen LogP contribution in [-0.4, -0.2) is 46.0 Å². The molecule has 1 saturated heterocycles. The molecule has 1 fully saturated rings. The standard InChI is InChI=1S/C24H27N3O3S/c1-15(20(28)25-14-13-16-9-5-4-6-10-16)26-21(29)19-24(2,3)31-23-18-12-8-7-11-17(18)22(30)27(19)23/h4-12,15,19,23H,13-14H2,1-3H3,(H,25,28)(H,26,29). The van der Waals surface area contributed by atoms with Gasteiger partial charge in [0.1, 0.15) is 17.5 Å². The molecule has 6 nitrogen and oxygen atoms in total. The summed E-state index contributed by atoms with van der Waals surface area (Å²) in [5.41, 5.74) is 2.75. The first kappa shape index (κ1) is 21.4. The Hall–Kier alpha value is -2.80. The lowest BCUT2D eigenvalue weighted by atomic mass is 10.0. The zero-order valence-electron chi connectivity index (χ0n) is 17.9. The third kappa shape index (κ3) is 4.06. The maximum Gasteiger partial charge on any atom is 0.256 e. The second kappa shape index (κ2) is 8.38. The smallest absolute Gasteiger partial charge is 0.256 e. The molecule has 2 aliphatic rings. The third-order valence-electron chi connectivity index (χ3n) is 5.85. The van der Waals surface area contributed by atoms with Crippen molar-refractivity contribution in [3.05, 3.63) is 71.3 Å². The van der Waals surface area contributed by atoms with Gasteiger partial charge in [0, 0.05) is 16.9 Å². The number of carbonyl (C=O) groups excluding carboxylic acids is 3. The van der Waals surface area contributed by atoms with E-state index in [2.05, 4.69) is 10.6 Å². The van der Waals surface area contributed by atoms with Crippen LogP contribution in [0.5, 0.6) is 0 Å². The molecule has 2 aromatic rings. The van der Waals surface area contributed by atoms with Crippen molar-refractivity contribution in [1.29, 1.82) is 0 Å². The molecule has 0 aliphatic carbocycles. The number of carbonyl (C=O) groups is 3. The summed E-state index contributed by atoms with van der Waals surface area (Å²) >= 11 is 1.61. The highest BCUT2D eigenvalue weighted by Crippen LogP contribution is 2.56. The minimum atomic E-state index is -0.691. The number of hydrogen-bond acceptors (Lipinski definition) is 4. The minimum absolute atomic E-state index is 0.126. The van der Waals surface area contributed by atoms with Gasteiger partial charge in [-0.2, -0.15) is 0 Å². The number of benzene rings is 2. The summed E-state index contributed by atoms with van der Waals surface area (Å²) in [6, 6.07) is 16.1. The van der Waals surface area contributed by atoms with Gasteiger partial charge in [-0.05, 0) is 44.4 Å². The fourth-order valence-electron chi connectivity index (χ4n) is 4.29. The first-order chi connectivity index (χ1) is 14.8. The topological polar surface area (TPSA) is 78.5 Å². The van der Waals surface area contributed by atoms with Crippen molar-refractivity contribution in [3.8, 4) is 0 Å². The van der Waals surface area contributed by atoms with E-state index in [4.69, 9.17) is 0 Å². The minimum Gasteiger partial charge on any atom is -0.354 e. The average molecular weight is 438 g/mol. The van der Waals surface area contributed by atoms with Gasteiger partial charge in [-0.25, -0.2) is 0 Å². The van der Waals surface area contributed by atoms with E-state index >= 15 is 0 Å². The van der Waals surface area contributed by atoms with Crippen LogP contribution in [0.1, 0.15) is 47.6 Å². The maximum atomic E-state index is 13.2. The highest BCUT2D eigenvalue weighted by molar-refractivity contribution is 8.01. The molecule has 0 spiro atoms. The van der Waals surface area contributed by atoms with Crippen molar-refractivity contribution in [2.45, 2.75) is 49.4 Å². The van der Waals surface area contributed by atoms with Gasteiger partial charge in [-0.15, -0.1) is 11.8 Å². The van der Waals surface area contributed by atoms with Gasteiger partial charge in [-0.3, -0.25) is 14.4 Å². The molecule has 0 saturated carbocycles. The second-order valence-electron chi connectivity index (χ2n) is 8.53. The Bertz CT molecular complexity index is 1010. The second-order valence-corrected chi connectivity index (χ2v) is 10.3. The molecule has 4 rings (SSSR count). The number of rotatable bonds is 6. The summed E-state index contributed by atoms with van der Waals surface area (Å²) in [6.07, 6.45) is 0.724. The molecule has 0 radical (unpaired) electrons. The van der Waals surface area contributed by atoms with Gasteiger partial charge in [0.25, 0.3) is 5.91 Å². The van der Waals surface area contributed by atoms with Crippen LogP contribution in [-0.2, 0) is 16.0 Å². The van der Waals surface area contributed by atoms with Crippen LogP contribution in [0.15, 0.2) is 54.6 Å². The predicted molar refractivity (Wildman–Crippen MR) is 122 cm³/mol. The van der Waals surface area contributed by atoms with Gasteiger partial charge < -0.3 is 15.5 Å². The van der Waals surface area contributed by atoms with Gasteiger partial charge in [0.15, 0.2) is 0 Å². The molecule has 2 N–H and O–H groups in total. The number of nitrogens with one attached hydrogen (secondary N) is 2. The Labute approximate surface area is 186 Å². The van der Waals surface area contributed by atoms with Gasteiger partial charge in [0.2, 0.25) is 11.8 Å². The van der Waals surface area contributed by atoms with Crippen LogP contribution >= 0.6 is 11.8 Å². The first-order valence-electron chi connectivity index (χ1n) is 10.5. The molecule has 162 valence electrons. The van der Waals surface area contributed by atoms with Gasteiger partial charge in [0.05, 0.1) is 0 Å². The summed E-state index contributed by atoms with van der Waals surface area (Å²) in [4.78, 5) is 40.4. The molecule has 2 aliphatic heterocycles. The quantitative estimate of drug-likeness (QED) is 0.728. The Morgan fingerprint density at radius 3 is 2.52 bits per heavy atom. The van der Waals surface area contributed by atoms with E-state index in [1.807, 2.05) is 62.4 Å². The molecule has 2 heterocycles. The highest BCUT2D eigenvalue weighted by atomic mass is 32.2. The van der Waals surface area contributed by atoms with Crippen LogP contribution in [0.2, 0.25) is 0 Å². The molecule has 3 atom stereocenters.